The zero-order valence-electron chi connectivity index (χ0n) is 13.2. The van der Waals surface area contributed by atoms with Gasteiger partial charge in [-0.25, -0.2) is 4.98 Å². The SMILES string of the molecule is CCCCCCCOCc1cc2ccccc2nc1NC. The topological polar surface area (TPSA) is 34.1 Å². The third kappa shape index (κ3) is 4.71. The highest BCUT2D eigenvalue weighted by atomic mass is 16.5. The van der Waals surface area contributed by atoms with E-state index in [4.69, 9.17) is 4.74 Å². The molecule has 114 valence electrons. The number of para-hydroxylation sites is 1. The molecule has 0 aliphatic rings. The highest BCUT2D eigenvalue weighted by molar-refractivity contribution is 5.81. The van der Waals surface area contributed by atoms with Crippen molar-refractivity contribution in [2.24, 2.45) is 0 Å². The number of nitrogens with zero attached hydrogens (tertiary/aromatic N) is 1. The molecule has 0 saturated carbocycles. The van der Waals surface area contributed by atoms with Crippen LogP contribution in [-0.4, -0.2) is 18.6 Å². The minimum atomic E-state index is 0.627. The summed E-state index contributed by atoms with van der Waals surface area (Å²) in [4.78, 5) is 4.64. The average molecular weight is 286 g/mol. The fourth-order valence-corrected chi connectivity index (χ4v) is 2.48. The molecule has 0 unspecified atom stereocenters. The second-order valence-corrected chi connectivity index (χ2v) is 5.41. The number of hydrogen-bond donors (Lipinski definition) is 1. The fourth-order valence-electron chi connectivity index (χ4n) is 2.48. The van der Waals surface area contributed by atoms with Crippen LogP contribution in [0.25, 0.3) is 10.9 Å². The number of unbranched alkanes of at least 4 members (excludes halogenated alkanes) is 4. The van der Waals surface area contributed by atoms with Crippen LogP contribution in [0, 0.1) is 0 Å². The smallest absolute Gasteiger partial charge is 0.131 e. The van der Waals surface area contributed by atoms with Gasteiger partial charge in [0, 0.05) is 24.6 Å². The number of ether oxygens (including phenoxy) is 1. The van der Waals surface area contributed by atoms with Gasteiger partial charge >= 0.3 is 0 Å². The molecule has 1 aromatic carbocycles. The Balaban J connectivity index is 1.88. The van der Waals surface area contributed by atoms with Gasteiger partial charge in [0.2, 0.25) is 0 Å². The number of nitrogens with one attached hydrogen (secondary N) is 1. The van der Waals surface area contributed by atoms with Gasteiger partial charge in [-0.05, 0) is 18.6 Å². The standard InChI is InChI=1S/C18H26N2O/c1-3-4-5-6-9-12-21-14-16-13-15-10-7-8-11-17(15)20-18(16)19-2/h7-8,10-11,13H,3-6,9,12,14H2,1-2H3,(H,19,20). The molecule has 0 atom stereocenters. The van der Waals surface area contributed by atoms with E-state index in [2.05, 4.69) is 29.4 Å². The Kier molecular flexibility index (Phi) is 6.48. The molecule has 0 aliphatic carbocycles. The van der Waals surface area contributed by atoms with Gasteiger partial charge in [-0.15, -0.1) is 0 Å². The van der Waals surface area contributed by atoms with E-state index in [0.717, 1.165) is 35.3 Å². The van der Waals surface area contributed by atoms with Crippen LogP contribution in [0.1, 0.15) is 44.6 Å². The van der Waals surface area contributed by atoms with Crippen molar-refractivity contribution in [1.29, 1.82) is 0 Å². The zero-order chi connectivity index (χ0) is 14.9. The van der Waals surface area contributed by atoms with Crippen molar-refractivity contribution < 1.29 is 4.74 Å². The van der Waals surface area contributed by atoms with Gasteiger partial charge in [-0.1, -0.05) is 50.8 Å². The van der Waals surface area contributed by atoms with Crippen LogP contribution in [0.2, 0.25) is 0 Å². The van der Waals surface area contributed by atoms with Crippen LogP contribution in [0.3, 0.4) is 0 Å². The number of anilines is 1. The molecule has 21 heavy (non-hydrogen) atoms. The number of hydrogen-bond acceptors (Lipinski definition) is 3. The molecule has 2 rings (SSSR count). The predicted octanol–water partition coefficient (Wildman–Crippen LogP) is 4.76. The molecule has 0 fully saturated rings. The van der Waals surface area contributed by atoms with Crippen molar-refractivity contribution in [2.75, 3.05) is 19.0 Å². The minimum Gasteiger partial charge on any atom is -0.377 e. The van der Waals surface area contributed by atoms with Gasteiger partial charge in [0.25, 0.3) is 0 Å². The van der Waals surface area contributed by atoms with Crippen molar-refractivity contribution in [3.63, 3.8) is 0 Å². The van der Waals surface area contributed by atoms with E-state index in [1.54, 1.807) is 0 Å². The van der Waals surface area contributed by atoms with E-state index in [0.29, 0.717) is 6.61 Å². The summed E-state index contributed by atoms with van der Waals surface area (Å²) < 4.78 is 5.81. The van der Waals surface area contributed by atoms with Crippen LogP contribution in [0.5, 0.6) is 0 Å². The van der Waals surface area contributed by atoms with Crippen LogP contribution in [0.4, 0.5) is 5.82 Å². The number of aromatic nitrogens is 1. The lowest BCUT2D eigenvalue weighted by Gasteiger charge is -2.11. The van der Waals surface area contributed by atoms with E-state index in [-0.39, 0.29) is 0 Å². The van der Waals surface area contributed by atoms with E-state index in [9.17, 15) is 0 Å². The van der Waals surface area contributed by atoms with E-state index >= 15 is 0 Å². The molecule has 1 heterocycles. The van der Waals surface area contributed by atoms with Crippen molar-refractivity contribution in [3.05, 3.63) is 35.9 Å². The van der Waals surface area contributed by atoms with Crippen LogP contribution in [-0.2, 0) is 11.3 Å². The summed E-state index contributed by atoms with van der Waals surface area (Å²) in [6.45, 7) is 3.70. The molecule has 0 saturated heterocycles. The van der Waals surface area contributed by atoms with Gasteiger partial charge < -0.3 is 10.1 Å². The third-order valence-electron chi connectivity index (χ3n) is 3.69. The number of fused-ring (bicyclic) bond motifs is 1. The third-order valence-corrected chi connectivity index (χ3v) is 3.69. The Labute approximate surface area is 127 Å². The normalized spacial score (nSPS) is 11.0. The number of benzene rings is 1. The van der Waals surface area contributed by atoms with Gasteiger partial charge in [-0.2, -0.15) is 0 Å². The first-order chi connectivity index (χ1) is 10.3. The van der Waals surface area contributed by atoms with Crippen molar-refractivity contribution in [3.8, 4) is 0 Å². The summed E-state index contributed by atoms with van der Waals surface area (Å²) in [6, 6.07) is 10.4. The summed E-state index contributed by atoms with van der Waals surface area (Å²) in [5, 5.41) is 4.33. The molecule has 0 amide bonds. The van der Waals surface area contributed by atoms with Crippen LogP contribution < -0.4 is 5.32 Å². The quantitative estimate of drug-likeness (QED) is 0.675. The van der Waals surface area contributed by atoms with E-state index < -0.39 is 0 Å². The lowest BCUT2D eigenvalue weighted by molar-refractivity contribution is 0.117. The molecule has 3 nitrogen and oxygen atoms in total. The molecule has 1 aromatic heterocycles. The van der Waals surface area contributed by atoms with E-state index in [1.807, 2.05) is 25.2 Å². The second kappa shape index (κ2) is 8.63. The summed E-state index contributed by atoms with van der Waals surface area (Å²) in [5.74, 6) is 0.916. The van der Waals surface area contributed by atoms with Crippen molar-refractivity contribution >= 4 is 16.7 Å². The maximum absolute atomic E-state index is 5.81. The Bertz CT molecular complexity index is 554. The highest BCUT2D eigenvalue weighted by Crippen LogP contribution is 2.21. The van der Waals surface area contributed by atoms with Gasteiger partial charge in [0.15, 0.2) is 0 Å². The van der Waals surface area contributed by atoms with Crippen molar-refractivity contribution in [1.82, 2.24) is 4.98 Å². The molecule has 0 radical (unpaired) electrons. The fraction of sp³-hybridized carbons (Fsp3) is 0.500. The molecule has 2 aromatic rings. The van der Waals surface area contributed by atoms with Crippen LogP contribution >= 0.6 is 0 Å². The van der Waals surface area contributed by atoms with Gasteiger partial charge in [0.1, 0.15) is 5.82 Å². The monoisotopic (exact) mass is 286 g/mol. The summed E-state index contributed by atoms with van der Waals surface area (Å²) in [7, 11) is 1.91. The van der Waals surface area contributed by atoms with Gasteiger partial charge in [-0.3, -0.25) is 0 Å². The lowest BCUT2D eigenvalue weighted by atomic mass is 10.1. The Morgan fingerprint density at radius 1 is 1.10 bits per heavy atom. The first-order valence-electron chi connectivity index (χ1n) is 7.99. The zero-order valence-corrected chi connectivity index (χ0v) is 13.2. The predicted molar refractivity (Wildman–Crippen MR) is 89.7 cm³/mol. The second-order valence-electron chi connectivity index (χ2n) is 5.41. The summed E-state index contributed by atoms with van der Waals surface area (Å²) in [5.41, 5.74) is 2.15. The van der Waals surface area contributed by atoms with Crippen molar-refractivity contribution in [2.45, 2.75) is 45.6 Å². The first-order valence-corrected chi connectivity index (χ1v) is 7.99. The molecule has 0 bridgehead atoms. The molecule has 3 heteroatoms. The molecular weight excluding hydrogens is 260 g/mol. The largest absolute Gasteiger partial charge is 0.377 e. The summed E-state index contributed by atoms with van der Waals surface area (Å²) >= 11 is 0. The van der Waals surface area contributed by atoms with Gasteiger partial charge in [0.05, 0.1) is 12.1 Å². The molecular formula is C18H26N2O. The maximum atomic E-state index is 5.81. The molecule has 1 N–H and O–H groups in total. The van der Waals surface area contributed by atoms with Crippen LogP contribution in [0.15, 0.2) is 30.3 Å². The number of pyridine rings is 1. The minimum absolute atomic E-state index is 0.627. The molecule has 0 spiro atoms. The highest BCUT2D eigenvalue weighted by Gasteiger charge is 2.05. The molecule has 0 aliphatic heterocycles. The Hall–Kier alpha value is -1.61. The Morgan fingerprint density at radius 2 is 1.90 bits per heavy atom. The average Bonchev–Trinajstić information content (AvgIpc) is 2.53. The van der Waals surface area contributed by atoms with E-state index in [1.165, 1.54) is 25.7 Å². The summed E-state index contributed by atoms with van der Waals surface area (Å²) in [6.07, 6.45) is 6.35. The Morgan fingerprint density at radius 3 is 2.71 bits per heavy atom. The maximum Gasteiger partial charge on any atom is 0.131 e. The number of rotatable bonds is 9. The first kappa shape index (κ1) is 15.8. The lowest BCUT2D eigenvalue weighted by Crippen LogP contribution is -2.02.